The molecule has 8 heteroatoms. The first-order chi connectivity index (χ1) is 14.9. The van der Waals surface area contributed by atoms with Gasteiger partial charge in [0.05, 0.1) is 19.0 Å². The van der Waals surface area contributed by atoms with Gasteiger partial charge >= 0.3 is 6.18 Å². The molecule has 0 aliphatic heterocycles. The minimum Gasteiger partial charge on any atom is -0.496 e. The van der Waals surface area contributed by atoms with Crippen molar-refractivity contribution in [2.45, 2.75) is 50.8 Å². The van der Waals surface area contributed by atoms with E-state index in [1.807, 2.05) is 12.3 Å². The summed E-state index contributed by atoms with van der Waals surface area (Å²) in [4.78, 5) is 11.5. The van der Waals surface area contributed by atoms with Crippen LogP contribution in [-0.2, 0) is 12.8 Å². The van der Waals surface area contributed by atoms with Crippen molar-refractivity contribution in [3.63, 3.8) is 0 Å². The van der Waals surface area contributed by atoms with Crippen molar-refractivity contribution in [2.75, 3.05) is 7.11 Å². The van der Waals surface area contributed by atoms with Crippen molar-refractivity contribution >= 4 is 0 Å². The number of hydrogen-bond donors (Lipinski definition) is 1. The van der Waals surface area contributed by atoms with Crippen LogP contribution in [0.15, 0.2) is 42.7 Å². The van der Waals surface area contributed by atoms with Crippen molar-refractivity contribution in [2.24, 2.45) is 0 Å². The smallest absolute Gasteiger partial charge is 0.433 e. The highest BCUT2D eigenvalue weighted by molar-refractivity contribution is 5.68. The Hall–Kier alpha value is -3.03. The summed E-state index contributed by atoms with van der Waals surface area (Å²) < 4.78 is 49.1. The van der Waals surface area contributed by atoms with Gasteiger partial charge in [-0.1, -0.05) is 25.3 Å². The van der Waals surface area contributed by atoms with Crippen molar-refractivity contribution < 1.29 is 22.6 Å². The molecule has 1 saturated carbocycles. The topological polar surface area (TPSA) is 60.0 Å². The first-order valence-electron chi connectivity index (χ1n) is 10.3. The van der Waals surface area contributed by atoms with Crippen LogP contribution in [0.5, 0.6) is 11.5 Å². The van der Waals surface area contributed by atoms with Gasteiger partial charge in [0, 0.05) is 29.3 Å². The van der Waals surface area contributed by atoms with Gasteiger partial charge in [0.2, 0.25) is 0 Å². The average Bonchev–Trinajstić information content (AvgIpc) is 3.28. The summed E-state index contributed by atoms with van der Waals surface area (Å²) in [6.07, 6.45) is 4.65. The molecule has 0 unspecified atom stereocenters. The van der Waals surface area contributed by atoms with Crippen LogP contribution in [0.1, 0.15) is 55.1 Å². The number of pyridine rings is 1. The molecule has 4 rings (SSSR count). The van der Waals surface area contributed by atoms with Gasteiger partial charge < -0.3 is 14.5 Å². The first-order valence-corrected chi connectivity index (χ1v) is 10.3. The van der Waals surface area contributed by atoms with E-state index in [9.17, 15) is 13.2 Å². The normalized spacial score (nSPS) is 15.1. The van der Waals surface area contributed by atoms with Gasteiger partial charge in [0.25, 0.3) is 0 Å². The number of methoxy groups -OCH3 is 1. The maximum Gasteiger partial charge on any atom is 0.433 e. The average molecular weight is 431 g/mol. The molecule has 1 fully saturated rings. The van der Waals surface area contributed by atoms with Gasteiger partial charge in [0.15, 0.2) is 0 Å². The molecule has 1 aliphatic rings. The monoisotopic (exact) mass is 431 g/mol. The van der Waals surface area contributed by atoms with Gasteiger partial charge in [-0.25, -0.2) is 4.98 Å². The molecule has 2 heterocycles. The van der Waals surface area contributed by atoms with Crippen LogP contribution < -0.4 is 9.47 Å². The SMILES string of the molecule is COc1cc(OCc2ccc(C(F)(F)F)nc2)ccc1-c1cnc(C2CCCCC2)[nH]1. The predicted octanol–water partition coefficient (Wildman–Crippen LogP) is 6.13. The maximum absolute atomic E-state index is 12.6. The standard InChI is InChI=1S/C23H24F3N3O2/c1-30-20-11-17(31-14-15-7-10-21(27-12-15)23(24,25)26)8-9-18(20)19-13-28-22(29-19)16-5-3-2-4-6-16/h7-13,16H,2-6,14H2,1H3,(H,28,29). The fourth-order valence-electron chi connectivity index (χ4n) is 3.89. The summed E-state index contributed by atoms with van der Waals surface area (Å²) in [5.74, 6) is 2.68. The molecule has 0 saturated heterocycles. The number of rotatable bonds is 6. The number of benzene rings is 1. The van der Waals surface area contributed by atoms with E-state index in [-0.39, 0.29) is 6.61 Å². The van der Waals surface area contributed by atoms with E-state index in [1.54, 1.807) is 19.2 Å². The molecule has 31 heavy (non-hydrogen) atoms. The predicted molar refractivity (Wildman–Crippen MR) is 110 cm³/mol. The molecule has 1 N–H and O–H groups in total. The Morgan fingerprint density at radius 2 is 1.84 bits per heavy atom. The summed E-state index contributed by atoms with van der Waals surface area (Å²) in [5, 5.41) is 0. The molecule has 1 aliphatic carbocycles. The number of nitrogens with one attached hydrogen (secondary N) is 1. The highest BCUT2D eigenvalue weighted by Gasteiger charge is 2.32. The molecular formula is C23H24F3N3O2. The zero-order valence-electron chi connectivity index (χ0n) is 17.2. The summed E-state index contributed by atoms with van der Waals surface area (Å²) in [7, 11) is 1.58. The number of aromatic amines is 1. The molecule has 0 bridgehead atoms. The third-order valence-electron chi connectivity index (χ3n) is 5.57. The lowest BCUT2D eigenvalue weighted by Gasteiger charge is -2.19. The van der Waals surface area contributed by atoms with Crippen LogP contribution in [0.25, 0.3) is 11.3 Å². The van der Waals surface area contributed by atoms with Crippen LogP contribution in [0, 0.1) is 0 Å². The number of imidazole rings is 1. The molecular weight excluding hydrogens is 407 g/mol. The second kappa shape index (κ2) is 8.99. The van der Waals surface area contributed by atoms with Crippen molar-refractivity contribution in [1.82, 2.24) is 15.0 Å². The first kappa shape index (κ1) is 21.2. The van der Waals surface area contributed by atoms with E-state index in [4.69, 9.17) is 9.47 Å². The highest BCUT2D eigenvalue weighted by atomic mass is 19.4. The molecule has 0 radical (unpaired) electrons. The Labute approximate surface area is 178 Å². The van der Waals surface area contributed by atoms with Gasteiger partial charge in [0.1, 0.15) is 29.6 Å². The molecule has 0 atom stereocenters. The number of hydrogen-bond acceptors (Lipinski definition) is 4. The van der Waals surface area contributed by atoms with E-state index < -0.39 is 11.9 Å². The van der Waals surface area contributed by atoms with Crippen molar-refractivity contribution in [3.8, 4) is 22.8 Å². The molecule has 0 spiro atoms. The van der Waals surface area contributed by atoms with Crippen LogP contribution in [0.4, 0.5) is 13.2 Å². The highest BCUT2D eigenvalue weighted by Crippen LogP contribution is 2.36. The Morgan fingerprint density at radius 1 is 1.03 bits per heavy atom. The summed E-state index contributed by atoms with van der Waals surface area (Å²) >= 11 is 0. The zero-order chi connectivity index (χ0) is 21.8. The lowest BCUT2D eigenvalue weighted by Crippen LogP contribution is -2.08. The van der Waals surface area contributed by atoms with Crippen LogP contribution in [-0.4, -0.2) is 22.1 Å². The van der Waals surface area contributed by atoms with Crippen LogP contribution >= 0.6 is 0 Å². The van der Waals surface area contributed by atoms with E-state index in [2.05, 4.69) is 15.0 Å². The summed E-state index contributed by atoms with van der Waals surface area (Å²) in [6.45, 7) is 0.101. The molecule has 0 amide bonds. The van der Waals surface area contributed by atoms with Crippen molar-refractivity contribution in [3.05, 3.63) is 59.8 Å². The fraction of sp³-hybridized carbons (Fsp3) is 0.391. The van der Waals surface area contributed by atoms with E-state index in [0.29, 0.717) is 23.0 Å². The van der Waals surface area contributed by atoms with Crippen molar-refractivity contribution in [1.29, 1.82) is 0 Å². The van der Waals surface area contributed by atoms with E-state index >= 15 is 0 Å². The number of ether oxygens (including phenoxy) is 2. The lowest BCUT2D eigenvalue weighted by molar-refractivity contribution is -0.141. The third-order valence-corrected chi connectivity index (χ3v) is 5.57. The van der Waals surface area contributed by atoms with Gasteiger partial charge in [-0.15, -0.1) is 0 Å². The van der Waals surface area contributed by atoms with Gasteiger partial charge in [-0.2, -0.15) is 13.2 Å². The van der Waals surface area contributed by atoms with E-state index in [0.717, 1.165) is 36.0 Å². The molecule has 164 valence electrons. The molecule has 5 nitrogen and oxygen atoms in total. The minimum absolute atomic E-state index is 0.101. The second-order valence-corrected chi connectivity index (χ2v) is 7.72. The van der Waals surface area contributed by atoms with Gasteiger partial charge in [-0.05, 0) is 31.0 Å². The molecule has 3 aromatic rings. The Morgan fingerprint density at radius 3 is 2.52 bits per heavy atom. The maximum atomic E-state index is 12.6. The Kier molecular flexibility index (Phi) is 6.15. The second-order valence-electron chi connectivity index (χ2n) is 7.72. The lowest BCUT2D eigenvalue weighted by atomic mass is 9.89. The Balaban J connectivity index is 1.45. The quantitative estimate of drug-likeness (QED) is 0.510. The third kappa shape index (κ3) is 5.00. The van der Waals surface area contributed by atoms with Crippen LogP contribution in [0.2, 0.25) is 0 Å². The van der Waals surface area contributed by atoms with Gasteiger partial charge in [-0.3, -0.25) is 4.98 Å². The number of nitrogens with zero attached hydrogens (tertiary/aromatic N) is 2. The largest absolute Gasteiger partial charge is 0.496 e. The number of halogens is 3. The number of H-pyrrole nitrogens is 1. The van der Waals surface area contributed by atoms with E-state index in [1.165, 1.54) is 31.5 Å². The fourth-order valence-corrected chi connectivity index (χ4v) is 3.89. The minimum atomic E-state index is -4.45. The zero-order valence-corrected chi connectivity index (χ0v) is 17.2. The molecule has 1 aromatic carbocycles. The van der Waals surface area contributed by atoms with Crippen LogP contribution in [0.3, 0.4) is 0 Å². The number of aromatic nitrogens is 3. The summed E-state index contributed by atoms with van der Waals surface area (Å²) in [5.41, 5.74) is 1.38. The summed E-state index contributed by atoms with van der Waals surface area (Å²) in [6, 6.07) is 7.76. The molecule has 2 aromatic heterocycles. The number of alkyl halides is 3. The Bertz CT molecular complexity index is 1010.